The van der Waals surface area contributed by atoms with E-state index in [0.717, 1.165) is 41.0 Å². The minimum absolute atomic E-state index is 0.264. The zero-order valence-corrected chi connectivity index (χ0v) is 20.1. The third-order valence-corrected chi connectivity index (χ3v) is 6.63. The Kier molecular flexibility index (Phi) is 7.13. The van der Waals surface area contributed by atoms with E-state index in [-0.39, 0.29) is 17.6 Å². The van der Waals surface area contributed by atoms with Crippen molar-refractivity contribution in [2.75, 3.05) is 5.32 Å². The summed E-state index contributed by atoms with van der Waals surface area (Å²) in [5.41, 5.74) is 3.08. The molecule has 170 valence electrons. The van der Waals surface area contributed by atoms with E-state index in [4.69, 9.17) is 4.74 Å². The van der Waals surface area contributed by atoms with Crippen molar-refractivity contribution in [1.82, 2.24) is 9.55 Å². The normalized spacial score (nSPS) is 12.2. The number of aromatic nitrogens is 2. The second kappa shape index (κ2) is 9.65. The van der Waals surface area contributed by atoms with Crippen LogP contribution in [0, 0.1) is 6.92 Å². The van der Waals surface area contributed by atoms with Gasteiger partial charge in [0.2, 0.25) is 5.91 Å². The smallest absolute Gasteiger partial charge is 0.348 e. The minimum atomic E-state index is -0.778. The summed E-state index contributed by atoms with van der Waals surface area (Å²) in [5.74, 6) is -0.767. The highest BCUT2D eigenvalue weighted by Crippen LogP contribution is 2.28. The second-order valence-electron chi connectivity index (χ2n) is 7.97. The highest BCUT2D eigenvalue weighted by atomic mass is 32.1. The molecule has 0 spiro atoms. The van der Waals surface area contributed by atoms with Gasteiger partial charge in [0.25, 0.3) is 5.56 Å². The molecule has 0 saturated heterocycles. The van der Waals surface area contributed by atoms with E-state index in [1.54, 1.807) is 27.7 Å². The van der Waals surface area contributed by atoms with Crippen LogP contribution in [0.5, 0.6) is 0 Å². The fourth-order valence-electron chi connectivity index (χ4n) is 3.63. The molecule has 2 heterocycles. The van der Waals surface area contributed by atoms with Crippen LogP contribution in [-0.4, -0.2) is 27.5 Å². The van der Waals surface area contributed by atoms with Crippen LogP contribution in [-0.2, 0) is 22.4 Å². The third kappa shape index (κ3) is 4.46. The van der Waals surface area contributed by atoms with Crippen molar-refractivity contribution in [3.8, 4) is 0 Å². The van der Waals surface area contributed by atoms with Crippen molar-refractivity contribution in [3.05, 3.63) is 56.4 Å². The SMILES string of the molecule is CCc1cccc(CC)c1NC(=O)C(C)n1cnc2sc(C(=O)OC(C)C)c(C)c2c1=O. The lowest BCUT2D eigenvalue weighted by atomic mass is 10.0. The Morgan fingerprint density at radius 2 is 1.78 bits per heavy atom. The summed E-state index contributed by atoms with van der Waals surface area (Å²) in [6.07, 6.45) is 2.68. The van der Waals surface area contributed by atoms with E-state index in [2.05, 4.69) is 10.3 Å². The van der Waals surface area contributed by atoms with Gasteiger partial charge >= 0.3 is 5.97 Å². The Balaban J connectivity index is 1.97. The summed E-state index contributed by atoms with van der Waals surface area (Å²) in [6, 6.07) is 5.19. The molecule has 3 aromatic rings. The van der Waals surface area contributed by atoms with Crippen molar-refractivity contribution in [2.24, 2.45) is 0 Å². The Labute approximate surface area is 191 Å². The largest absolute Gasteiger partial charge is 0.459 e. The molecule has 1 amide bonds. The lowest BCUT2D eigenvalue weighted by Crippen LogP contribution is -2.32. The number of hydrogen-bond donors (Lipinski definition) is 1. The van der Waals surface area contributed by atoms with Gasteiger partial charge in [-0.15, -0.1) is 11.3 Å². The van der Waals surface area contributed by atoms with E-state index in [9.17, 15) is 14.4 Å². The quantitative estimate of drug-likeness (QED) is 0.524. The number of nitrogens with one attached hydrogen (secondary N) is 1. The number of amides is 1. The van der Waals surface area contributed by atoms with E-state index < -0.39 is 12.0 Å². The number of thiophene rings is 1. The summed E-state index contributed by atoms with van der Waals surface area (Å²) in [4.78, 5) is 43.9. The molecule has 1 atom stereocenters. The van der Waals surface area contributed by atoms with Gasteiger partial charge in [-0.05, 0) is 57.2 Å². The highest BCUT2D eigenvalue weighted by Gasteiger charge is 2.24. The van der Waals surface area contributed by atoms with Gasteiger partial charge in [0.05, 0.1) is 17.8 Å². The van der Waals surface area contributed by atoms with E-state index in [1.807, 2.05) is 32.0 Å². The molecule has 3 rings (SSSR count). The summed E-state index contributed by atoms with van der Waals surface area (Å²) in [7, 11) is 0. The number of fused-ring (bicyclic) bond motifs is 1. The average molecular weight is 456 g/mol. The predicted octanol–water partition coefficient (Wildman–Crippen LogP) is 4.66. The van der Waals surface area contributed by atoms with Crippen LogP contribution >= 0.6 is 11.3 Å². The van der Waals surface area contributed by atoms with Crippen molar-refractivity contribution in [2.45, 2.75) is 66.5 Å². The minimum Gasteiger partial charge on any atom is -0.459 e. The van der Waals surface area contributed by atoms with Crippen LogP contribution in [0.15, 0.2) is 29.3 Å². The van der Waals surface area contributed by atoms with Crippen molar-refractivity contribution in [1.29, 1.82) is 0 Å². The molecule has 0 radical (unpaired) electrons. The predicted molar refractivity (Wildman–Crippen MR) is 128 cm³/mol. The van der Waals surface area contributed by atoms with Gasteiger partial charge in [0, 0.05) is 5.69 Å². The molecule has 1 unspecified atom stereocenters. The number of carbonyl (C=O) groups excluding carboxylic acids is 2. The van der Waals surface area contributed by atoms with Crippen LogP contribution in [0.4, 0.5) is 5.69 Å². The number of para-hydroxylation sites is 1. The molecular formula is C24H29N3O4S. The lowest BCUT2D eigenvalue weighted by Gasteiger charge is -2.18. The molecule has 8 heteroatoms. The molecule has 2 aromatic heterocycles. The van der Waals surface area contributed by atoms with Crippen LogP contribution in [0.3, 0.4) is 0 Å². The molecule has 0 aliphatic rings. The van der Waals surface area contributed by atoms with Crippen LogP contribution < -0.4 is 10.9 Å². The maximum Gasteiger partial charge on any atom is 0.348 e. The van der Waals surface area contributed by atoms with E-state index in [0.29, 0.717) is 20.7 Å². The molecule has 1 aromatic carbocycles. The van der Waals surface area contributed by atoms with E-state index >= 15 is 0 Å². The molecule has 32 heavy (non-hydrogen) atoms. The van der Waals surface area contributed by atoms with Crippen LogP contribution in [0.1, 0.15) is 67.0 Å². The first-order valence-corrected chi connectivity index (χ1v) is 11.6. The molecular weight excluding hydrogens is 426 g/mol. The van der Waals surface area contributed by atoms with Gasteiger partial charge in [0.15, 0.2) is 0 Å². The molecule has 0 fully saturated rings. The number of rotatable bonds is 7. The third-order valence-electron chi connectivity index (χ3n) is 5.45. The highest BCUT2D eigenvalue weighted by molar-refractivity contribution is 7.20. The first kappa shape index (κ1) is 23.7. The first-order chi connectivity index (χ1) is 15.2. The zero-order chi connectivity index (χ0) is 23.6. The summed E-state index contributed by atoms with van der Waals surface area (Å²) < 4.78 is 6.60. The maximum atomic E-state index is 13.2. The Morgan fingerprint density at radius 3 is 2.34 bits per heavy atom. The van der Waals surface area contributed by atoms with E-state index in [1.165, 1.54) is 10.9 Å². The summed E-state index contributed by atoms with van der Waals surface area (Å²) >= 11 is 1.13. The fraction of sp³-hybridized carbons (Fsp3) is 0.417. The van der Waals surface area contributed by atoms with Crippen molar-refractivity contribution >= 4 is 39.1 Å². The average Bonchev–Trinajstić information content (AvgIpc) is 3.10. The molecule has 0 saturated carbocycles. The molecule has 7 nitrogen and oxygen atoms in total. The number of aryl methyl sites for hydroxylation is 3. The lowest BCUT2D eigenvalue weighted by molar-refractivity contribution is -0.118. The van der Waals surface area contributed by atoms with Gasteiger partial charge in [-0.1, -0.05) is 32.0 Å². The molecule has 0 aliphatic carbocycles. The summed E-state index contributed by atoms with van der Waals surface area (Å²) in [6.45, 7) is 11.0. The number of benzene rings is 1. The Hall–Kier alpha value is -3.00. The van der Waals surface area contributed by atoms with Gasteiger partial charge in [-0.25, -0.2) is 9.78 Å². The van der Waals surface area contributed by atoms with Crippen LogP contribution in [0.2, 0.25) is 0 Å². The topological polar surface area (TPSA) is 90.3 Å². The van der Waals surface area contributed by atoms with Crippen molar-refractivity contribution < 1.29 is 14.3 Å². The van der Waals surface area contributed by atoms with Gasteiger partial charge in [-0.3, -0.25) is 14.2 Å². The van der Waals surface area contributed by atoms with Gasteiger partial charge in [0.1, 0.15) is 15.7 Å². The first-order valence-electron chi connectivity index (χ1n) is 10.8. The van der Waals surface area contributed by atoms with Crippen molar-refractivity contribution in [3.63, 3.8) is 0 Å². The number of carbonyl (C=O) groups is 2. The number of nitrogens with zero attached hydrogens (tertiary/aromatic N) is 2. The molecule has 1 N–H and O–H groups in total. The molecule has 0 aliphatic heterocycles. The number of hydrogen-bond acceptors (Lipinski definition) is 6. The number of anilines is 1. The maximum absolute atomic E-state index is 13.2. The van der Waals surface area contributed by atoms with Crippen LogP contribution in [0.25, 0.3) is 10.2 Å². The second-order valence-corrected chi connectivity index (χ2v) is 8.97. The molecule has 0 bridgehead atoms. The van der Waals surface area contributed by atoms with Gasteiger partial charge in [-0.2, -0.15) is 0 Å². The monoisotopic (exact) mass is 455 g/mol. The zero-order valence-electron chi connectivity index (χ0n) is 19.3. The number of esters is 1. The number of ether oxygens (including phenoxy) is 1. The summed E-state index contributed by atoms with van der Waals surface area (Å²) in [5, 5.41) is 3.36. The fourth-order valence-corrected chi connectivity index (χ4v) is 4.65. The standard InChI is InChI=1S/C24H29N3O4S/c1-7-16-10-9-11-17(8-2)19(16)26-21(28)15(6)27-12-25-22-18(23(27)29)14(5)20(32-22)24(30)31-13(3)4/h9-13,15H,7-8H2,1-6H3,(H,26,28). The Morgan fingerprint density at radius 1 is 1.16 bits per heavy atom. The van der Waals surface area contributed by atoms with Gasteiger partial charge < -0.3 is 10.1 Å². The Bertz CT molecular complexity index is 1200.